The van der Waals surface area contributed by atoms with Crippen molar-refractivity contribution in [2.24, 2.45) is 0 Å². The van der Waals surface area contributed by atoms with Gasteiger partial charge in [-0.2, -0.15) is 13.2 Å². The first-order valence-electron chi connectivity index (χ1n) is 8.27. The number of nitrogens with zero attached hydrogens (tertiary/aromatic N) is 1. The molecule has 9 heteroatoms. The second-order valence-corrected chi connectivity index (χ2v) is 6.45. The van der Waals surface area contributed by atoms with E-state index in [-0.39, 0.29) is 5.56 Å². The number of carbonyl (C=O) groups excluding carboxylic acids is 2. The minimum Gasteiger partial charge on any atom is -0.441 e. The second-order valence-electron chi connectivity index (χ2n) is 6.45. The zero-order chi connectivity index (χ0) is 18.8. The van der Waals surface area contributed by atoms with Gasteiger partial charge in [-0.25, -0.2) is 4.79 Å². The summed E-state index contributed by atoms with van der Waals surface area (Å²) in [6, 6.07) is 7.21. The molecule has 2 amide bonds. The van der Waals surface area contributed by atoms with Gasteiger partial charge in [-0.15, -0.1) is 0 Å². The molecule has 2 heterocycles. The van der Waals surface area contributed by atoms with Crippen molar-refractivity contribution < 1.29 is 32.2 Å². The summed E-state index contributed by atoms with van der Waals surface area (Å²) in [6.45, 7) is 0.330. The van der Waals surface area contributed by atoms with E-state index < -0.39 is 36.5 Å². The van der Waals surface area contributed by atoms with Crippen molar-refractivity contribution in [2.45, 2.75) is 30.7 Å². The fourth-order valence-corrected chi connectivity index (χ4v) is 3.20. The first-order valence-corrected chi connectivity index (χ1v) is 8.27. The first kappa shape index (κ1) is 18.5. The van der Waals surface area contributed by atoms with Crippen LogP contribution in [0.3, 0.4) is 0 Å². The lowest BCUT2D eigenvalue weighted by Gasteiger charge is -2.37. The van der Waals surface area contributed by atoms with Gasteiger partial charge in [0.1, 0.15) is 12.2 Å². The van der Waals surface area contributed by atoms with Crippen molar-refractivity contribution in [2.75, 3.05) is 26.2 Å². The highest BCUT2D eigenvalue weighted by Gasteiger charge is 2.45. The molecule has 1 atom stereocenters. The second kappa shape index (κ2) is 7.14. The number of likely N-dealkylation sites (tertiary alicyclic amines) is 1. The number of ether oxygens (including phenoxy) is 2. The van der Waals surface area contributed by atoms with E-state index in [4.69, 9.17) is 9.47 Å². The molecule has 2 saturated heterocycles. The number of alkyl halides is 3. The zero-order valence-corrected chi connectivity index (χ0v) is 13.9. The fourth-order valence-electron chi connectivity index (χ4n) is 3.20. The van der Waals surface area contributed by atoms with Gasteiger partial charge in [0.05, 0.1) is 6.54 Å². The number of piperidine rings is 1. The summed E-state index contributed by atoms with van der Waals surface area (Å²) < 4.78 is 49.9. The van der Waals surface area contributed by atoms with E-state index in [2.05, 4.69) is 5.32 Å². The number of alkyl carbamates (subject to hydrolysis) is 1. The third-order valence-corrected chi connectivity index (χ3v) is 4.66. The van der Waals surface area contributed by atoms with Crippen LogP contribution < -0.4 is 5.32 Å². The average molecular weight is 372 g/mol. The lowest BCUT2D eigenvalue weighted by molar-refractivity contribution is -0.224. The van der Waals surface area contributed by atoms with E-state index in [0.29, 0.717) is 32.5 Å². The van der Waals surface area contributed by atoms with Gasteiger partial charge in [-0.1, -0.05) is 30.3 Å². The maximum Gasteiger partial charge on any atom is 0.418 e. The van der Waals surface area contributed by atoms with E-state index in [1.165, 1.54) is 29.2 Å². The highest BCUT2D eigenvalue weighted by molar-refractivity contribution is 5.77. The summed E-state index contributed by atoms with van der Waals surface area (Å²) >= 11 is 0. The molecule has 26 heavy (non-hydrogen) atoms. The average Bonchev–Trinajstić information content (AvgIpc) is 2.95. The van der Waals surface area contributed by atoms with Crippen molar-refractivity contribution in [1.29, 1.82) is 0 Å². The zero-order valence-electron chi connectivity index (χ0n) is 13.9. The maximum atomic E-state index is 13.2. The molecule has 0 saturated carbocycles. The number of benzene rings is 1. The number of hydrogen-bond acceptors (Lipinski definition) is 4. The molecule has 1 aromatic rings. The van der Waals surface area contributed by atoms with Gasteiger partial charge >= 0.3 is 12.3 Å². The normalized spacial score (nSPS) is 20.6. The molecule has 2 aliphatic rings. The SMILES string of the molecule is O=C1NCC2(CCN(C(=O)COC(c3ccccc3)C(F)(F)F)CC2)O1. The molecule has 1 aromatic carbocycles. The van der Waals surface area contributed by atoms with Crippen LogP contribution in [-0.2, 0) is 14.3 Å². The number of rotatable bonds is 4. The van der Waals surface area contributed by atoms with Crippen molar-refractivity contribution in [1.82, 2.24) is 10.2 Å². The molecule has 6 nitrogen and oxygen atoms in total. The van der Waals surface area contributed by atoms with Crippen molar-refractivity contribution >= 4 is 12.0 Å². The van der Waals surface area contributed by atoms with Gasteiger partial charge in [0.2, 0.25) is 5.91 Å². The van der Waals surface area contributed by atoms with Crippen LogP contribution in [0.15, 0.2) is 30.3 Å². The predicted molar refractivity (Wildman–Crippen MR) is 84.2 cm³/mol. The third kappa shape index (κ3) is 4.09. The van der Waals surface area contributed by atoms with Crippen LogP contribution in [0.25, 0.3) is 0 Å². The topological polar surface area (TPSA) is 67.9 Å². The van der Waals surface area contributed by atoms with E-state index in [9.17, 15) is 22.8 Å². The maximum absolute atomic E-state index is 13.2. The number of hydrogen-bond donors (Lipinski definition) is 1. The van der Waals surface area contributed by atoms with E-state index >= 15 is 0 Å². The summed E-state index contributed by atoms with van der Waals surface area (Å²) in [5.41, 5.74) is -0.665. The van der Waals surface area contributed by atoms with Gasteiger partial charge in [0.15, 0.2) is 6.10 Å². The molecule has 0 radical (unpaired) electrons. The van der Waals surface area contributed by atoms with Crippen LogP contribution in [0, 0.1) is 0 Å². The summed E-state index contributed by atoms with van der Waals surface area (Å²) in [4.78, 5) is 24.9. The molecule has 1 unspecified atom stereocenters. The number of amides is 2. The van der Waals surface area contributed by atoms with Crippen LogP contribution >= 0.6 is 0 Å². The molecule has 2 aliphatic heterocycles. The smallest absolute Gasteiger partial charge is 0.418 e. The Balaban J connectivity index is 1.55. The van der Waals surface area contributed by atoms with Gasteiger partial charge in [-0.05, 0) is 5.56 Å². The standard InChI is InChI=1S/C17H19F3N2O4/c18-17(19,20)14(12-4-2-1-3-5-12)25-10-13(23)22-8-6-16(7-9-22)11-21-15(24)26-16/h1-5,14H,6-11H2,(H,21,24). The summed E-state index contributed by atoms with van der Waals surface area (Å²) in [6.07, 6.45) is -6.36. The number of carbonyl (C=O) groups is 2. The fraction of sp³-hybridized carbons (Fsp3) is 0.529. The molecule has 142 valence electrons. The van der Waals surface area contributed by atoms with E-state index in [1.807, 2.05) is 0 Å². The van der Waals surface area contributed by atoms with Crippen LogP contribution in [0.4, 0.5) is 18.0 Å². The molecule has 2 fully saturated rings. The Morgan fingerprint density at radius 3 is 2.46 bits per heavy atom. The van der Waals surface area contributed by atoms with Crippen LogP contribution in [0.5, 0.6) is 0 Å². The van der Waals surface area contributed by atoms with Gasteiger partial charge in [0.25, 0.3) is 0 Å². The molecule has 0 aliphatic carbocycles. The lowest BCUT2D eigenvalue weighted by atomic mass is 9.91. The minimum absolute atomic E-state index is 0.0469. The summed E-state index contributed by atoms with van der Waals surface area (Å²) in [5.74, 6) is -0.512. The van der Waals surface area contributed by atoms with Crippen molar-refractivity contribution in [3.63, 3.8) is 0 Å². The predicted octanol–water partition coefficient (Wildman–Crippen LogP) is 2.41. The number of nitrogens with one attached hydrogen (secondary N) is 1. The molecular weight excluding hydrogens is 353 g/mol. The molecule has 0 bridgehead atoms. The minimum atomic E-state index is -4.61. The highest BCUT2D eigenvalue weighted by atomic mass is 19.4. The molecule has 0 aromatic heterocycles. The summed E-state index contributed by atoms with van der Waals surface area (Å²) in [7, 11) is 0. The van der Waals surface area contributed by atoms with E-state index in [0.717, 1.165) is 0 Å². The Kier molecular flexibility index (Phi) is 5.08. The highest BCUT2D eigenvalue weighted by Crippen LogP contribution is 2.36. The van der Waals surface area contributed by atoms with Gasteiger partial charge < -0.3 is 19.7 Å². The Bertz CT molecular complexity index is 658. The molecular formula is C17H19F3N2O4. The largest absolute Gasteiger partial charge is 0.441 e. The quantitative estimate of drug-likeness (QED) is 0.881. The Morgan fingerprint density at radius 1 is 1.27 bits per heavy atom. The molecule has 3 rings (SSSR count). The molecule has 1 N–H and O–H groups in total. The summed E-state index contributed by atoms with van der Waals surface area (Å²) in [5, 5.41) is 2.58. The Hall–Kier alpha value is -2.29. The van der Waals surface area contributed by atoms with E-state index in [1.54, 1.807) is 6.07 Å². The van der Waals surface area contributed by atoms with Gasteiger partial charge in [0, 0.05) is 25.9 Å². The first-order chi connectivity index (χ1) is 12.3. The lowest BCUT2D eigenvalue weighted by Crippen LogP contribution is -2.49. The van der Waals surface area contributed by atoms with Crippen LogP contribution in [0.1, 0.15) is 24.5 Å². The van der Waals surface area contributed by atoms with Crippen LogP contribution in [-0.4, -0.2) is 54.9 Å². The van der Waals surface area contributed by atoms with Gasteiger partial charge in [-0.3, -0.25) is 4.79 Å². The monoisotopic (exact) mass is 372 g/mol. The van der Waals surface area contributed by atoms with Crippen LogP contribution in [0.2, 0.25) is 0 Å². The van der Waals surface area contributed by atoms with Crippen molar-refractivity contribution in [3.05, 3.63) is 35.9 Å². The number of halogens is 3. The third-order valence-electron chi connectivity index (χ3n) is 4.66. The van der Waals surface area contributed by atoms with Crippen molar-refractivity contribution in [3.8, 4) is 0 Å². The Morgan fingerprint density at radius 2 is 1.92 bits per heavy atom. The molecule has 1 spiro atoms. The Labute approximate surface area is 148 Å².